The first kappa shape index (κ1) is 24.7. The molecule has 0 spiro atoms. The number of rotatable bonds is 5. The molecule has 2 heterocycles. The molecule has 2 amide bonds. The molecule has 0 atom stereocenters. The van der Waals surface area contributed by atoms with Crippen molar-refractivity contribution in [2.45, 2.75) is 6.18 Å². The van der Waals surface area contributed by atoms with E-state index in [4.69, 9.17) is 11.6 Å². The average molecular weight is 568 g/mol. The number of pyridine rings is 1. The van der Waals surface area contributed by atoms with Crippen molar-refractivity contribution in [1.82, 2.24) is 10.4 Å². The molecule has 0 aliphatic carbocycles. The van der Waals surface area contributed by atoms with Crippen LogP contribution in [0.5, 0.6) is 0 Å². The summed E-state index contributed by atoms with van der Waals surface area (Å²) in [5.41, 5.74) is -1.17. The van der Waals surface area contributed by atoms with E-state index in [9.17, 15) is 31.5 Å². The fraction of sp³-hybridized carbons (Fsp3) is 0.0526. The predicted octanol–water partition coefficient (Wildman–Crippen LogP) is 5.87. The molecule has 0 aliphatic rings. The number of thiophene rings is 1. The van der Waals surface area contributed by atoms with Crippen LogP contribution in [0.4, 0.5) is 27.6 Å². The zero-order chi connectivity index (χ0) is 24.3. The zero-order valence-corrected chi connectivity index (χ0v) is 19.0. The summed E-state index contributed by atoms with van der Waals surface area (Å²) in [6.07, 6.45) is -3.10. The van der Waals surface area contributed by atoms with Crippen molar-refractivity contribution in [1.29, 1.82) is 0 Å². The van der Waals surface area contributed by atoms with Gasteiger partial charge >= 0.3 is 6.18 Å². The third-order valence-electron chi connectivity index (χ3n) is 3.87. The number of hydrogen-bond acceptors (Lipinski definition) is 5. The van der Waals surface area contributed by atoms with Gasteiger partial charge in [0.15, 0.2) is 0 Å². The van der Waals surface area contributed by atoms with Crippen molar-refractivity contribution < 1.29 is 31.5 Å². The van der Waals surface area contributed by atoms with Crippen LogP contribution in [-0.4, -0.2) is 23.0 Å². The Bertz CT molecular complexity index is 1270. The van der Waals surface area contributed by atoms with Crippen LogP contribution in [0.15, 0.2) is 45.4 Å². The van der Waals surface area contributed by atoms with Gasteiger partial charge < -0.3 is 5.32 Å². The molecule has 172 valence electrons. The Hall–Kier alpha value is -2.90. The number of nitrogens with zero attached hydrogens (tertiary/aromatic N) is 2. The fourth-order valence-corrected chi connectivity index (χ4v) is 3.98. The van der Waals surface area contributed by atoms with Crippen molar-refractivity contribution in [2.75, 3.05) is 5.32 Å². The summed E-state index contributed by atoms with van der Waals surface area (Å²) >= 11 is 10.3. The van der Waals surface area contributed by atoms with E-state index >= 15 is 0 Å². The summed E-state index contributed by atoms with van der Waals surface area (Å²) in [6.45, 7) is 0. The number of hydrazone groups is 1. The van der Waals surface area contributed by atoms with Crippen LogP contribution < -0.4 is 10.7 Å². The number of anilines is 1. The SMILES string of the molecule is O=C(N/N=C/c1cc(Br)cs1)c1cc(F)cc(F)c1NC(=O)c1ncc(C(F)(F)F)cc1Cl. The molecule has 3 aromatic rings. The molecule has 0 saturated carbocycles. The molecule has 0 bridgehead atoms. The first-order valence-corrected chi connectivity index (χ1v) is 10.6. The third-order valence-corrected chi connectivity index (χ3v) is 5.78. The van der Waals surface area contributed by atoms with E-state index in [1.165, 1.54) is 17.6 Å². The van der Waals surface area contributed by atoms with Gasteiger partial charge in [0.2, 0.25) is 0 Å². The number of carbonyl (C=O) groups is 2. The van der Waals surface area contributed by atoms with Crippen LogP contribution in [0.25, 0.3) is 0 Å². The Kier molecular flexibility index (Phi) is 7.44. The van der Waals surface area contributed by atoms with E-state index in [0.29, 0.717) is 29.3 Å². The van der Waals surface area contributed by atoms with E-state index < -0.39 is 57.2 Å². The quantitative estimate of drug-likeness (QED) is 0.230. The van der Waals surface area contributed by atoms with Gasteiger partial charge in [-0.05, 0) is 34.1 Å². The Morgan fingerprint density at radius 2 is 1.88 bits per heavy atom. The predicted molar refractivity (Wildman–Crippen MR) is 116 cm³/mol. The first-order valence-electron chi connectivity index (χ1n) is 8.56. The van der Waals surface area contributed by atoms with Crippen molar-refractivity contribution in [3.05, 3.63) is 78.7 Å². The lowest BCUT2D eigenvalue weighted by Crippen LogP contribution is -2.23. The zero-order valence-electron chi connectivity index (χ0n) is 15.8. The minimum atomic E-state index is -4.75. The lowest BCUT2D eigenvalue weighted by Gasteiger charge is -2.13. The lowest BCUT2D eigenvalue weighted by atomic mass is 10.1. The highest BCUT2D eigenvalue weighted by atomic mass is 79.9. The minimum absolute atomic E-state index is 0.368. The molecule has 2 N–H and O–H groups in total. The summed E-state index contributed by atoms with van der Waals surface area (Å²) in [6, 6.07) is 3.22. The van der Waals surface area contributed by atoms with E-state index in [1.807, 2.05) is 5.32 Å². The van der Waals surface area contributed by atoms with Crippen LogP contribution in [0.2, 0.25) is 5.02 Å². The van der Waals surface area contributed by atoms with Gasteiger partial charge in [-0.3, -0.25) is 9.59 Å². The van der Waals surface area contributed by atoms with Crippen molar-refractivity contribution >= 4 is 62.6 Å². The molecule has 0 unspecified atom stereocenters. The Labute approximate surface area is 199 Å². The minimum Gasteiger partial charge on any atom is -0.317 e. The van der Waals surface area contributed by atoms with E-state index in [0.717, 1.165) is 4.47 Å². The Balaban J connectivity index is 1.85. The number of aromatic nitrogens is 1. The Morgan fingerprint density at radius 1 is 1.15 bits per heavy atom. The van der Waals surface area contributed by atoms with Crippen LogP contribution in [0.1, 0.15) is 31.3 Å². The second-order valence-electron chi connectivity index (χ2n) is 6.18. The van der Waals surface area contributed by atoms with E-state index in [1.54, 1.807) is 11.4 Å². The normalized spacial score (nSPS) is 11.6. The summed E-state index contributed by atoms with van der Waals surface area (Å²) in [4.78, 5) is 28.9. The second-order valence-corrected chi connectivity index (χ2v) is 8.45. The standard InChI is InChI=1S/C19H9BrClF5N4O2S/c20-9-2-11(33-7-9)6-28-30-17(31)12-3-10(22)4-14(23)15(12)29-18(32)16-13(21)1-8(5-27-16)19(24,25)26/h1-7H,(H,29,32)(H,30,31)/b28-6+. The maximum absolute atomic E-state index is 14.4. The van der Waals surface area contributed by atoms with Crippen LogP contribution in [-0.2, 0) is 6.18 Å². The lowest BCUT2D eigenvalue weighted by molar-refractivity contribution is -0.137. The van der Waals surface area contributed by atoms with Gasteiger partial charge in [0.05, 0.1) is 28.1 Å². The number of nitrogens with one attached hydrogen (secondary N) is 2. The van der Waals surface area contributed by atoms with Gasteiger partial charge in [0, 0.05) is 27.0 Å². The van der Waals surface area contributed by atoms with Gasteiger partial charge in [0.25, 0.3) is 11.8 Å². The highest BCUT2D eigenvalue weighted by molar-refractivity contribution is 9.10. The van der Waals surface area contributed by atoms with E-state index in [-0.39, 0.29) is 0 Å². The molecular weight excluding hydrogens is 559 g/mol. The maximum Gasteiger partial charge on any atom is 0.417 e. The largest absolute Gasteiger partial charge is 0.417 e. The van der Waals surface area contributed by atoms with E-state index in [2.05, 4.69) is 31.4 Å². The smallest absolute Gasteiger partial charge is 0.317 e. The fourth-order valence-electron chi connectivity index (χ4n) is 2.42. The molecule has 0 fully saturated rings. The molecule has 2 aromatic heterocycles. The van der Waals surface area contributed by atoms with Gasteiger partial charge in [0.1, 0.15) is 17.3 Å². The molecule has 3 rings (SSSR count). The van der Waals surface area contributed by atoms with Gasteiger partial charge in [-0.2, -0.15) is 18.3 Å². The number of alkyl halides is 3. The molecule has 33 heavy (non-hydrogen) atoms. The number of carbonyl (C=O) groups excluding carboxylic acids is 2. The first-order chi connectivity index (χ1) is 15.5. The molecule has 14 heteroatoms. The van der Waals surface area contributed by atoms with Gasteiger partial charge in [-0.1, -0.05) is 11.6 Å². The number of benzene rings is 1. The summed E-state index contributed by atoms with van der Waals surface area (Å²) < 4.78 is 67.1. The number of amides is 2. The molecule has 1 aromatic carbocycles. The van der Waals surface area contributed by atoms with Crippen LogP contribution >= 0.6 is 38.9 Å². The molecule has 6 nitrogen and oxygen atoms in total. The summed E-state index contributed by atoms with van der Waals surface area (Å²) in [7, 11) is 0. The molecule has 0 saturated heterocycles. The molecule has 0 radical (unpaired) electrons. The maximum atomic E-state index is 14.4. The van der Waals surface area contributed by atoms with Crippen molar-refractivity contribution in [2.24, 2.45) is 5.10 Å². The average Bonchev–Trinajstić information content (AvgIpc) is 3.13. The highest BCUT2D eigenvalue weighted by Crippen LogP contribution is 2.31. The molecule has 0 aliphatic heterocycles. The third kappa shape index (κ3) is 6.12. The topological polar surface area (TPSA) is 83.5 Å². The second kappa shape index (κ2) is 9.93. The molecular formula is C19H9BrClF5N4O2S. The van der Waals surface area contributed by atoms with Crippen LogP contribution in [0, 0.1) is 11.6 Å². The summed E-state index contributed by atoms with van der Waals surface area (Å²) in [5.74, 6) is -4.72. The highest BCUT2D eigenvalue weighted by Gasteiger charge is 2.32. The van der Waals surface area contributed by atoms with Crippen molar-refractivity contribution in [3.8, 4) is 0 Å². The monoisotopic (exact) mass is 566 g/mol. The number of hydrogen-bond donors (Lipinski definition) is 2. The van der Waals surface area contributed by atoms with Gasteiger partial charge in [-0.15, -0.1) is 11.3 Å². The Morgan fingerprint density at radius 3 is 2.48 bits per heavy atom. The summed E-state index contributed by atoms with van der Waals surface area (Å²) in [5, 5.41) is 6.77. The van der Waals surface area contributed by atoms with Gasteiger partial charge in [-0.25, -0.2) is 19.2 Å². The number of halogens is 7. The van der Waals surface area contributed by atoms with Crippen molar-refractivity contribution in [3.63, 3.8) is 0 Å². The van der Waals surface area contributed by atoms with Crippen LogP contribution in [0.3, 0.4) is 0 Å².